The number of benzene rings is 1. The number of fused-ring (bicyclic) bond motifs is 1. The molecule has 0 spiro atoms. The van der Waals surface area contributed by atoms with Gasteiger partial charge in [-0.3, -0.25) is 0 Å². The Kier molecular flexibility index (Phi) is 2.70. The van der Waals surface area contributed by atoms with Gasteiger partial charge < -0.3 is 9.55 Å². The molecule has 0 saturated carbocycles. The normalized spacial score (nSPS) is 10.6. The molecule has 0 saturated heterocycles. The first-order valence-electron chi connectivity index (χ1n) is 5.29. The maximum atomic E-state index is 9.07. The van der Waals surface area contributed by atoms with E-state index in [4.69, 9.17) is 17.5 Å². The van der Waals surface area contributed by atoms with Crippen molar-refractivity contribution >= 4 is 34.6 Å². The summed E-state index contributed by atoms with van der Waals surface area (Å²) in [4.78, 5) is 7.35. The fraction of sp³-hybridized carbons (Fsp3) is 0.0833. The van der Waals surface area contributed by atoms with E-state index in [2.05, 4.69) is 16.0 Å². The average molecular weight is 272 g/mol. The van der Waals surface area contributed by atoms with Gasteiger partial charge in [0, 0.05) is 11.6 Å². The average Bonchev–Trinajstić information content (AvgIpc) is 2.99. The molecule has 0 aliphatic carbocycles. The molecule has 1 N–H and O–H groups in total. The summed E-state index contributed by atoms with van der Waals surface area (Å²) >= 11 is 6.90. The summed E-state index contributed by atoms with van der Waals surface area (Å²) in [6.07, 6.45) is 1.78. The summed E-state index contributed by atoms with van der Waals surface area (Å²) in [6, 6.07) is 7.76. The molecular weight excluding hydrogens is 264 g/mol. The van der Waals surface area contributed by atoms with Crippen molar-refractivity contribution in [3.05, 3.63) is 45.1 Å². The van der Waals surface area contributed by atoms with Crippen molar-refractivity contribution in [2.75, 3.05) is 0 Å². The summed E-state index contributed by atoms with van der Waals surface area (Å²) in [5.74, 6) is 0. The SMILES string of the molecule is N#Cc1cccc2c1[nH]c(=S)n2Cc1nccs1. The minimum Gasteiger partial charge on any atom is -0.329 e. The Morgan fingerprint density at radius 1 is 1.50 bits per heavy atom. The molecule has 0 bridgehead atoms. The van der Waals surface area contributed by atoms with Crippen LogP contribution in [0.3, 0.4) is 0 Å². The molecule has 1 aromatic carbocycles. The Hall–Kier alpha value is -1.97. The lowest BCUT2D eigenvalue weighted by molar-refractivity contribution is 0.803. The summed E-state index contributed by atoms with van der Waals surface area (Å²) in [6.45, 7) is 0.630. The standard InChI is InChI=1S/C12H8N4S2/c13-6-8-2-1-3-9-11(8)15-12(17)16(9)7-10-14-4-5-18-10/h1-5H,7H2,(H,15,17). The smallest absolute Gasteiger partial charge is 0.178 e. The van der Waals surface area contributed by atoms with Gasteiger partial charge in [-0.15, -0.1) is 11.3 Å². The van der Waals surface area contributed by atoms with Gasteiger partial charge in [0.15, 0.2) is 4.77 Å². The fourth-order valence-electron chi connectivity index (χ4n) is 1.90. The number of nitrogens with one attached hydrogen (secondary N) is 1. The summed E-state index contributed by atoms with van der Waals surface area (Å²) < 4.78 is 2.58. The number of nitrogens with zero attached hydrogens (tertiary/aromatic N) is 3. The van der Waals surface area contributed by atoms with Crippen molar-refractivity contribution in [1.29, 1.82) is 5.26 Å². The molecule has 3 aromatic rings. The van der Waals surface area contributed by atoms with Gasteiger partial charge in [0.1, 0.15) is 11.1 Å². The highest BCUT2D eigenvalue weighted by Gasteiger charge is 2.09. The molecule has 6 heteroatoms. The maximum Gasteiger partial charge on any atom is 0.178 e. The van der Waals surface area contributed by atoms with Crippen molar-refractivity contribution in [1.82, 2.24) is 14.5 Å². The lowest BCUT2D eigenvalue weighted by Crippen LogP contribution is -1.98. The van der Waals surface area contributed by atoms with Gasteiger partial charge in [-0.2, -0.15) is 5.26 Å². The van der Waals surface area contributed by atoms with E-state index in [9.17, 15) is 0 Å². The second kappa shape index (κ2) is 4.37. The van der Waals surface area contributed by atoms with Gasteiger partial charge in [0.05, 0.1) is 23.1 Å². The van der Waals surface area contributed by atoms with E-state index in [0.29, 0.717) is 16.9 Å². The summed E-state index contributed by atoms with van der Waals surface area (Å²) in [5.41, 5.74) is 2.34. The first-order valence-corrected chi connectivity index (χ1v) is 6.58. The third-order valence-electron chi connectivity index (χ3n) is 2.71. The van der Waals surface area contributed by atoms with Crippen LogP contribution in [0.4, 0.5) is 0 Å². The van der Waals surface area contributed by atoms with Crippen LogP contribution in [0.1, 0.15) is 10.6 Å². The van der Waals surface area contributed by atoms with Crippen LogP contribution in [0.15, 0.2) is 29.8 Å². The third-order valence-corrected chi connectivity index (χ3v) is 3.79. The van der Waals surface area contributed by atoms with E-state index in [1.165, 1.54) is 0 Å². The van der Waals surface area contributed by atoms with Gasteiger partial charge in [-0.25, -0.2) is 4.98 Å². The van der Waals surface area contributed by atoms with Crippen molar-refractivity contribution in [2.45, 2.75) is 6.54 Å². The van der Waals surface area contributed by atoms with Crippen LogP contribution in [-0.2, 0) is 6.54 Å². The lowest BCUT2D eigenvalue weighted by atomic mass is 10.2. The van der Waals surface area contributed by atoms with Crippen LogP contribution in [0.5, 0.6) is 0 Å². The van der Waals surface area contributed by atoms with Crippen LogP contribution >= 0.6 is 23.6 Å². The van der Waals surface area contributed by atoms with Gasteiger partial charge >= 0.3 is 0 Å². The summed E-state index contributed by atoms with van der Waals surface area (Å²) in [7, 11) is 0. The quantitative estimate of drug-likeness (QED) is 0.729. The number of imidazole rings is 1. The topological polar surface area (TPSA) is 57.4 Å². The Bertz CT molecular complexity index is 790. The van der Waals surface area contributed by atoms with Crippen LogP contribution in [0, 0.1) is 16.1 Å². The molecular formula is C12H8N4S2. The first-order chi connectivity index (χ1) is 8.79. The van der Waals surface area contributed by atoms with E-state index in [1.54, 1.807) is 23.6 Å². The molecule has 0 radical (unpaired) electrons. The molecule has 0 fully saturated rings. The zero-order chi connectivity index (χ0) is 12.5. The van der Waals surface area contributed by atoms with E-state index >= 15 is 0 Å². The lowest BCUT2D eigenvalue weighted by Gasteiger charge is -2.01. The molecule has 4 nitrogen and oxygen atoms in total. The zero-order valence-corrected chi connectivity index (χ0v) is 10.9. The van der Waals surface area contributed by atoms with E-state index in [1.807, 2.05) is 22.1 Å². The summed E-state index contributed by atoms with van der Waals surface area (Å²) in [5, 5.41) is 12.0. The minimum absolute atomic E-state index is 0.608. The molecule has 0 aliphatic rings. The van der Waals surface area contributed by atoms with E-state index < -0.39 is 0 Å². The number of H-pyrrole nitrogens is 1. The van der Waals surface area contributed by atoms with Gasteiger partial charge in [0.2, 0.25) is 0 Å². The zero-order valence-electron chi connectivity index (χ0n) is 9.25. The van der Waals surface area contributed by atoms with Gasteiger partial charge in [-0.05, 0) is 24.4 Å². The minimum atomic E-state index is 0.608. The number of para-hydroxylation sites is 1. The fourth-order valence-corrected chi connectivity index (χ4v) is 2.77. The van der Waals surface area contributed by atoms with Crippen molar-refractivity contribution in [3.63, 3.8) is 0 Å². The number of rotatable bonds is 2. The second-order valence-electron chi connectivity index (χ2n) is 3.75. The molecule has 2 aromatic heterocycles. The Balaban J connectivity index is 2.21. The predicted octanol–water partition coefficient (Wildman–Crippen LogP) is 3.08. The van der Waals surface area contributed by atoms with Crippen molar-refractivity contribution in [2.24, 2.45) is 0 Å². The number of hydrogen-bond acceptors (Lipinski definition) is 4. The largest absolute Gasteiger partial charge is 0.329 e. The van der Waals surface area contributed by atoms with E-state index in [0.717, 1.165) is 16.0 Å². The van der Waals surface area contributed by atoms with Crippen LogP contribution < -0.4 is 0 Å². The van der Waals surface area contributed by atoms with Crippen LogP contribution in [-0.4, -0.2) is 14.5 Å². The molecule has 0 unspecified atom stereocenters. The number of thiazole rings is 1. The Morgan fingerprint density at radius 3 is 3.11 bits per heavy atom. The highest BCUT2D eigenvalue weighted by Crippen LogP contribution is 2.19. The molecule has 18 heavy (non-hydrogen) atoms. The Labute approximate surface area is 112 Å². The first kappa shape index (κ1) is 11.1. The monoisotopic (exact) mass is 272 g/mol. The third kappa shape index (κ3) is 1.74. The highest BCUT2D eigenvalue weighted by molar-refractivity contribution is 7.71. The molecule has 3 rings (SSSR count). The number of hydrogen-bond donors (Lipinski definition) is 1. The predicted molar refractivity (Wildman–Crippen MR) is 73.1 cm³/mol. The number of nitriles is 1. The van der Waals surface area contributed by atoms with Crippen LogP contribution in [0.2, 0.25) is 0 Å². The molecule has 0 aliphatic heterocycles. The molecule has 2 heterocycles. The number of aromatic amines is 1. The molecule has 0 amide bonds. The van der Waals surface area contributed by atoms with Crippen molar-refractivity contribution < 1.29 is 0 Å². The Morgan fingerprint density at radius 2 is 2.39 bits per heavy atom. The second-order valence-corrected chi connectivity index (χ2v) is 5.12. The van der Waals surface area contributed by atoms with Gasteiger partial charge in [-0.1, -0.05) is 6.07 Å². The maximum absolute atomic E-state index is 9.07. The van der Waals surface area contributed by atoms with Gasteiger partial charge in [0.25, 0.3) is 0 Å². The molecule has 0 atom stereocenters. The number of aromatic nitrogens is 3. The van der Waals surface area contributed by atoms with Crippen LogP contribution in [0.25, 0.3) is 11.0 Å². The molecule has 88 valence electrons. The van der Waals surface area contributed by atoms with Crippen molar-refractivity contribution in [3.8, 4) is 6.07 Å². The van der Waals surface area contributed by atoms with E-state index in [-0.39, 0.29) is 0 Å². The highest BCUT2D eigenvalue weighted by atomic mass is 32.1.